The summed E-state index contributed by atoms with van der Waals surface area (Å²) in [4.78, 5) is 14.0. The lowest BCUT2D eigenvalue weighted by Crippen LogP contribution is -2.49. The van der Waals surface area contributed by atoms with Gasteiger partial charge in [0.2, 0.25) is 5.91 Å². The largest absolute Gasteiger partial charge is 0.342 e. The number of hydrogen-bond donors (Lipinski definition) is 2. The number of hydrogen-bond acceptors (Lipinski definition) is 3. The zero-order valence-corrected chi connectivity index (χ0v) is 11.5. The van der Waals surface area contributed by atoms with E-state index in [0.717, 1.165) is 45.4 Å². The highest BCUT2D eigenvalue weighted by Gasteiger charge is 2.28. The molecule has 1 saturated heterocycles. The molecule has 1 aliphatic rings. The van der Waals surface area contributed by atoms with Crippen LogP contribution in [0, 0.1) is 0 Å². The number of nitrogens with one attached hydrogen (secondary N) is 2. The van der Waals surface area contributed by atoms with Crippen molar-refractivity contribution in [3.05, 3.63) is 0 Å². The van der Waals surface area contributed by atoms with E-state index >= 15 is 0 Å². The molecule has 0 bridgehead atoms. The molecule has 4 heteroatoms. The number of amides is 1. The van der Waals surface area contributed by atoms with Crippen molar-refractivity contribution < 1.29 is 4.79 Å². The second kappa shape index (κ2) is 6.97. The van der Waals surface area contributed by atoms with Gasteiger partial charge in [-0.3, -0.25) is 4.79 Å². The Morgan fingerprint density at radius 3 is 2.47 bits per heavy atom. The topological polar surface area (TPSA) is 44.4 Å². The Morgan fingerprint density at radius 1 is 1.35 bits per heavy atom. The second-order valence-corrected chi connectivity index (χ2v) is 5.22. The summed E-state index contributed by atoms with van der Waals surface area (Å²) in [5.74, 6) is 0.238. The van der Waals surface area contributed by atoms with Crippen molar-refractivity contribution >= 4 is 5.91 Å². The van der Waals surface area contributed by atoms with Gasteiger partial charge in [0.15, 0.2) is 0 Å². The molecule has 0 spiro atoms. The van der Waals surface area contributed by atoms with Crippen LogP contribution in [0.3, 0.4) is 0 Å². The average Bonchev–Trinajstić information content (AvgIpc) is 2.73. The molecular formula is C13H27N3O. The Bertz CT molecular complexity index is 231. The molecule has 100 valence electrons. The summed E-state index contributed by atoms with van der Waals surface area (Å²) in [5, 5.41) is 6.73. The molecule has 1 atom stereocenters. The lowest BCUT2D eigenvalue weighted by molar-refractivity contribution is -0.130. The Labute approximate surface area is 105 Å². The molecule has 2 N–H and O–H groups in total. The van der Waals surface area contributed by atoms with Crippen molar-refractivity contribution in [2.24, 2.45) is 0 Å². The number of nitrogens with zero attached hydrogens (tertiary/aromatic N) is 1. The molecular weight excluding hydrogens is 214 g/mol. The van der Waals surface area contributed by atoms with E-state index in [1.807, 2.05) is 4.90 Å². The Hall–Kier alpha value is -0.610. The minimum atomic E-state index is 0.0970. The summed E-state index contributed by atoms with van der Waals surface area (Å²) >= 11 is 0. The molecule has 1 rings (SSSR count). The highest BCUT2D eigenvalue weighted by atomic mass is 16.2. The molecule has 1 amide bonds. The van der Waals surface area contributed by atoms with Crippen LogP contribution in [0.25, 0.3) is 0 Å². The van der Waals surface area contributed by atoms with Gasteiger partial charge in [-0.2, -0.15) is 0 Å². The van der Waals surface area contributed by atoms with E-state index in [2.05, 4.69) is 31.4 Å². The summed E-state index contributed by atoms with van der Waals surface area (Å²) in [6, 6.07) is 0. The fourth-order valence-electron chi connectivity index (χ4n) is 2.27. The summed E-state index contributed by atoms with van der Waals surface area (Å²) < 4.78 is 0. The maximum atomic E-state index is 12.1. The van der Waals surface area contributed by atoms with Crippen LogP contribution in [0.4, 0.5) is 0 Å². The monoisotopic (exact) mass is 241 g/mol. The van der Waals surface area contributed by atoms with Crippen LogP contribution < -0.4 is 10.6 Å². The summed E-state index contributed by atoms with van der Waals surface area (Å²) in [6.07, 6.45) is 3.16. The van der Waals surface area contributed by atoms with Crippen LogP contribution in [0.15, 0.2) is 0 Å². The van der Waals surface area contributed by atoms with Gasteiger partial charge in [0, 0.05) is 25.2 Å². The van der Waals surface area contributed by atoms with E-state index in [1.165, 1.54) is 0 Å². The third-order valence-electron chi connectivity index (χ3n) is 3.37. The normalized spacial score (nSPS) is 23.9. The van der Waals surface area contributed by atoms with E-state index in [-0.39, 0.29) is 11.4 Å². The molecule has 1 heterocycles. The second-order valence-electron chi connectivity index (χ2n) is 5.22. The van der Waals surface area contributed by atoms with Crippen molar-refractivity contribution in [3.8, 4) is 0 Å². The molecule has 17 heavy (non-hydrogen) atoms. The van der Waals surface area contributed by atoms with E-state index in [0.29, 0.717) is 6.54 Å². The molecule has 0 aliphatic carbocycles. The molecule has 1 aliphatic heterocycles. The first kappa shape index (κ1) is 14.5. The third kappa shape index (κ3) is 4.64. The summed E-state index contributed by atoms with van der Waals surface area (Å²) in [5.41, 5.74) is 0.0970. The van der Waals surface area contributed by atoms with Crippen LogP contribution >= 0.6 is 0 Å². The lowest BCUT2D eigenvalue weighted by Gasteiger charge is -2.27. The quantitative estimate of drug-likeness (QED) is 0.698. The molecule has 0 aromatic heterocycles. The Balaban J connectivity index is 2.35. The van der Waals surface area contributed by atoms with Crippen molar-refractivity contribution in [2.45, 2.75) is 45.6 Å². The number of rotatable bonds is 7. The standard InChI is InChI=1S/C13H27N3O/c1-4-8-16(9-5-2)12(17)10-15-13(3)6-7-14-11-13/h14-15H,4-11H2,1-3H3. The van der Waals surface area contributed by atoms with Crippen molar-refractivity contribution in [1.82, 2.24) is 15.5 Å². The number of carbonyl (C=O) groups excluding carboxylic acids is 1. The molecule has 1 unspecified atom stereocenters. The molecule has 4 nitrogen and oxygen atoms in total. The maximum absolute atomic E-state index is 12.1. The average molecular weight is 241 g/mol. The van der Waals surface area contributed by atoms with Crippen molar-refractivity contribution in [3.63, 3.8) is 0 Å². The van der Waals surface area contributed by atoms with Gasteiger partial charge < -0.3 is 15.5 Å². The Kier molecular flexibility index (Phi) is 5.92. The number of carbonyl (C=O) groups is 1. The first-order chi connectivity index (χ1) is 8.11. The summed E-state index contributed by atoms with van der Waals surface area (Å²) in [6.45, 7) is 10.7. The van der Waals surface area contributed by atoms with Gasteiger partial charge in [-0.05, 0) is 32.7 Å². The zero-order valence-electron chi connectivity index (χ0n) is 11.5. The fraction of sp³-hybridized carbons (Fsp3) is 0.923. The molecule has 0 aromatic carbocycles. The SMILES string of the molecule is CCCN(CCC)C(=O)CNC1(C)CCNC1. The van der Waals surface area contributed by atoms with Gasteiger partial charge in [0.1, 0.15) is 0 Å². The van der Waals surface area contributed by atoms with Gasteiger partial charge in [0.25, 0.3) is 0 Å². The van der Waals surface area contributed by atoms with Crippen LogP contribution in [0.2, 0.25) is 0 Å². The summed E-state index contributed by atoms with van der Waals surface area (Å²) in [7, 11) is 0. The van der Waals surface area contributed by atoms with Crippen molar-refractivity contribution in [1.29, 1.82) is 0 Å². The predicted octanol–water partition coefficient (Wildman–Crippen LogP) is 0.977. The predicted molar refractivity (Wildman–Crippen MR) is 71.1 cm³/mol. The molecule has 0 aromatic rings. The molecule has 0 saturated carbocycles. The zero-order chi connectivity index (χ0) is 12.7. The van der Waals surface area contributed by atoms with E-state index in [9.17, 15) is 4.79 Å². The van der Waals surface area contributed by atoms with E-state index in [1.54, 1.807) is 0 Å². The van der Waals surface area contributed by atoms with E-state index < -0.39 is 0 Å². The molecule has 1 fully saturated rings. The maximum Gasteiger partial charge on any atom is 0.236 e. The van der Waals surface area contributed by atoms with Crippen molar-refractivity contribution in [2.75, 3.05) is 32.7 Å². The molecule has 0 radical (unpaired) electrons. The minimum absolute atomic E-state index is 0.0970. The van der Waals surface area contributed by atoms with E-state index in [4.69, 9.17) is 0 Å². The van der Waals surface area contributed by atoms with Crippen LogP contribution in [-0.4, -0.2) is 49.1 Å². The lowest BCUT2D eigenvalue weighted by atomic mass is 10.0. The van der Waals surface area contributed by atoms with Crippen LogP contribution in [-0.2, 0) is 4.79 Å². The van der Waals surface area contributed by atoms with Crippen LogP contribution in [0.1, 0.15) is 40.0 Å². The van der Waals surface area contributed by atoms with Gasteiger partial charge >= 0.3 is 0 Å². The highest BCUT2D eigenvalue weighted by Crippen LogP contribution is 2.12. The Morgan fingerprint density at radius 2 is 2.00 bits per heavy atom. The minimum Gasteiger partial charge on any atom is -0.342 e. The smallest absolute Gasteiger partial charge is 0.236 e. The van der Waals surface area contributed by atoms with Gasteiger partial charge in [-0.1, -0.05) is 13.8 Å². The van der Waals surface area contributed by atoms with Gasteiger partial charge in [0.05, 0.1) is 6.54 Å². The van der Waals surface area contributed by atoms with Gasteiger partial charge in [-0.25, -0.2) is 0 Å². The van der Waals surface area contributed by atoms with Crippen LogP contribution in [0.5, 0.6) is 0 Å². The first-order valence-corrected chi connectivity index (χ1v) is 6.85. The van der Waals surface area contributed by atoms with Gasteiger partial charge in [-0.15, -0.1) is 0 Å². The first-order valence-electron chi connectivity index (χ1n) is 6.85. The fourth-order valence-corrected chi connectivity index (χ4v) is 2.27. The third-order valence-corrected chi connectivity index (χ3v) is 3.37. The highest BCUT2D eigenvalue weighted by molar-refractivity contribution is 5.78.